The number of thiazole rings is 1. The molecule has 1 fully saturated rings. The largest absolute Gasteiger partial charge is 0.481 e. The van der Waals surface area contributed by atoms with Crippen molar-refractivity contribution < 1.29 is 14.7 Å². The second-order valence-electron chi connectivity index (χ2n) is 8.22. The second kappa shape index (κ2) is 6.94. The van der Waals surface area contributed by atoms with Gasteiger partial charge >= 0.3 is 12.0 Å². The van der Waals surface area contributed by atoms with Gasteiger partial charge in [0.25, 0.3) is 0 Å². The van der Waals surface area contributed by atoms with Gasteiger partial charge in [-0.05, 0) is 43.4 Å². The minimum Gasteiger partial charge on any atom is -0.481 e. The maximum Gasteiger partial charge on any atom is 0.323 e. The Morgan fingerprint density at radius 2 is 1.92 bits per heavy atom. The zero-order chi connectivity index (χ0) is 18.2. The molecule has 25 heavy (non-hydrogen) atoms. The Morgan fingerprint density at radius 1 is 1.24 bits per heavy atom. The first kappa shape index (κ1) is 18.2. The molecule has 138 valence electrons. The second-order valence-corrected chi connectivity index (χ2v) is 9.31. The summed E-state index contributed by atoms with van der Waals surface area (Å²) in [5.41, 5.74) is 1.42. The Bertz CT molecular complexity index is 657. The maximum atomic E-state index is 12.4. The van der Waals surface area contributed by atoms with Crippen LogP contribution in [0.4, 0.5) is 9.93 Å². The van der Waals surface area contributed by atoms with Crippen LogP contribution in [0, 0.1) is 17.3 Å². The lowest BCUT2D eigenvalue weighted by molar-refractivity contribution is -0.143. The monoisotopic (exact) mass is 365 g/mol. The summed E-state index contributed by atoms with van der Waals surface area (Å²) in [5, 5.41) is 12.6. The van der Waals surface area contributed by atoms with Gasteiger partial charge in [0.1, 0.15) is 0 Å². The van der Waals surface area contributed by atoms with Crippen LogP contribution in [0.2, 0.25) is 0 Å². The summed E-state index contributed by atoms with van der Waals surface area (Å²) in [7, 11) is 0. The van der Waals surface area contributed by atoms with E-state index in [2.05, 4.69) is 31.1 Å². The first-order valence-electron chi connectivity index (χ1n) is 9.01. The molecule has 0 spiro atoms. The Kier molecular flexibility index (Phi) is 5.04. The highest BCUT2D eigenvalue weighted by atomic mass is 32.1. The van der Waals surface area contributed by atoms with Crippen molar-refractivity contribution in [1.82, 2.24) is 9.88 Å². The highest BCUT2D eigenvalue weighted by Gasteiger charge is 2.31. The molecule has 3 rings (SSSR count). The number of carboxylic acid groups (broad SMARTS) is 1. The summed E-state index contributed by atoms with van der Waals surface area (Å²) in [4.78, 5) is 31.0. The van der Waals surface area contributed by atoms with E-state index in [0.29, 0.717) is 42.4 Å². The van der Waals surface area contributed by atoms with Gasteiger partial charge < -0.3 is 10.0 Å². The van der Waals surface area contributed by atoms with Crippen molar-refractivity contribution in [2.24, 2.45) is 17.3 Å². The fourth-order valence-electron chi connectivity index (χ4n) is 3.67. The summed E-state index contributed by atoms with van der Waals surface area (Å²) in [5.74, 6) is -0.439. The maximum absolute atomic E-state index is 12.4. The van der Waals surface area contributed by atoms with Gasteiger partial charge in [-0.3, -0.25) is 10.1 Å². The van der Waals surface area contributed by atoms with Crippen LogP contribution >= 0.6 is 11.3 Å². The summed E-state index contributed by atoms with van der Waals surface area (Å²) < 4.78 is 0. The van der Waals surface area contributed by atoms with Crippen LogP contribution in [0.5, 0.6) is 0 Å². The highest BCUT2D eigenvalue weighted by molar-refractivity contribution is 7.15. The van der Waals surface area contributed by atoms with E-state index in [-0.39, 0.29) is 11.9 Å². The molecular weight excluding hydrogens is 338 g/mol. The van der Waals surface area contributed by atoms with Crippen LogP contribution in [0.15, 0.2) is 0 Å². The predicted molar refractivity (Wildman–Crippen MR) is 98.0 cm³/mol. The van der Waals surface area contributed by atoms with Crippen molar-refractivity contribution in [2.75, 3.05) is 18.4 Å². The summed E-state index contributed by atoms with van der Waals surface area (Å²) in [6, 6.07) is -0.165. The Balaban J connectivity index is 1.59. The van der Waals surface area contributed by atoms with Crippen molar-refractivity contribution in [3.05, 3.63) is 10.6 Å². The molecule has 1 atom stereocenters. The van der Waals surface area contributed by atoms with E-state index in [4.69, 9.17) is 5.11 Å². The normalized spacial score (nSPS) is 21.7. The molecule has 2 N–H and O–H groups in total. The molecule has 1 aromatic heterocycles. The minimum atomic E-state index is -0.763. The zero-order valence-electron chi connectivity index (χ0n) is 15.2. The van der Waals surface area contributed by atoms with Gasteiger partial charge in [-0.15, -0.1) is 11.3 Å². The Morgan fingerprint density at radius 3 is 2.52 bits per heavy atom. The van der Waals surface area contributed by atoms with Gasteiger partial charge in [0.05, 0.1) is 11.6 Å². The molecule has 0 radical (unpaired) electrons. The fraction of sp³-hybridized carbons (Fsp3) is 0.722. The molecule has 2 heterocycles. The fourth-order valence-corrected chi connectivity index (χ4v) is 4.75. The number of likely N-dealkylation sites (tertiary alicyclic amines) is 1. The number of aliphatic carboxylic acids is 1. The highest BCUT2D eigenvalue weighted by Crippen LogP contribution is 2.40. The van der Waals surface area contributed by atoms with E-state index in [1.807, 2.05) is 0 Å². The Labute approximate surface area is 152 Å². The molecule has 6 nitrogen and oxygen atoms in total. The number of fused-ring (bicyclic) bond motifs is 1. The third kappa shape index (κ3) is 4.14. The molecule has 1 aromatic rings. The molecule has 2 amide bonds. The quantitative estimate of drug-likeness (QED) is 0.838. The smallest absolute Gasteiger partial charge is 0.323 e. The summed E-state index contributed by atoms with van der Waals surface area (Å²) >= 11 is 1.59. The molecule has 0 aromatic carbocycles. The first-order chi connectivity index (χ1) is 11.7. The van der Waals surface area contributed by atoms with Crippen LogP contribution in [0.1, 0.15) is 50.6 Å². The SMILES string of the molecule is CC(C)(C)C1CCc2nc(NC(=O)N3CCC(C(=O)O)CC3)sc2C1. The van der Waals surface area contributed by atoms with Crippen LogP contribution in [0.25, 0.3) is 0 Å². The lowest BCUT2D eigenvalue weighted by Gasteiger charge is -2.33. The lowest BCUT2D eigenvalue weighted by atomic mass is 9.73. The molecule has 7 heteroatoms. The van der Waals surface area contributed by atoms with E-state index >= 15 is 0 Å². The number of anilines is 1. The standard InChI is InChI=1S/C18H27N3O3S/c1-18(2,3)12-4-5-13-14(10-12)25-16(19-13)20-17(24)21-8-6-11(7-9-21)15(22)23/h11-12H,4-10H2,1-3H3,(H,22,23)(H,19,20,24). The van der Waals surface area contributed by atoms with Gasteiger partial charge in [-0.1, -0.05) is 20.8 Å². The number of carbonyl (C=O) groups excluding carboxylic acids is 1. The number of urea groups is 1. The van der Waals surface area contributed by atoms with E-state index in [0.717, 1.165) is 25.0 Å². The number of aromatic nitrogens is 1. The van der Waals surface area contributed by atoms with Crippen molar-refractivity contribution in [3.8, 4) is 0 Å². The van der Waals surface area contributed by atoms with Gasteiger partial charge in [-0.2, -0.15) is 0 Å². The number of hydrogen-bond acceptors (Lipinski definition) is 4. The number of aryl methyl sites for hydroxylation is 1. The van der Waals surface area contributed by atoms with Crippen LogP contribution < -0.4 is 5.32 Å². The lowest BCUT2D eigenvalue weighted by Crippen LogP contribution is -2.42. The first-order valence-corrected chi connectivity index (χ1v) is 9.83. The average Bonchev–Trinajstić information content (AvgIpc) is 2.95. The van der Waals surface area contributed by atoms with Crippen LogP contribution in [-0.4, -0.2) is 40.1 Å². The molecule has 2 aliphatic rings. The van der Waals surface area contributed by atoms with Gasteiger partial charge in [0.15, 0.2) is 5.13 Å². The van der Waals surface area contributed by atoms with Gasteiger partial charge in [-0.25, -0.2) is 9.78 Å². The number of carbonyl (C=O) groups is 2. The van der Waals surface area contributed by atoms with Crippen LogP contribution in [-0.2, 0) is 17.6 Å². The number of rotatable bonds is 2. The van der Waals surface area contributed by atoms with E-state index in [1.54, 1.807) is 16.2 Å². The summed E-state index contributed by atoms with van der Waals surface area (Å²) in [6.45, 7) is 7.83. The van der Waals surface area contributed by atoms with Crippen LogP contribution in [0.3, 0.4) is 0 Å². The van der Waals surface area contributed by atoms with Crippen molar-refractivity contribution in [2.45, 2.75) is 52.9 Å². The number of nitrogens with zero attached hydrogens (tertiary/aromatic N) is 2. The number of carboxylic acids is 1. The zero-order valence-corrected chi connectivity index (χ0v) is 16.0. The topological polar surface area (TPSA) is 82.5 Å². The molecule has 1 aliphatic heterocycles. The van der Waals surface area contributed by atoms with E-state index < -0.39 is 5.97 Å². The third-order valence-corrected chi connectivity index (χ3v) is 6.55. The number of piperidine rings is 1. The molecule has 1 unspecified atom stereocenters. The van der Waals surface area contributed by atoms with E-state index in [1.165, 1.54) is 4.88 Å². The molecule has 0 bridgehead atoms. The van der Waals surface area contributed by atoms with Crippen molar-refractivity contribution in [1.29, 1.82) is 0 Å². The average molecular weight is 365 g/mol. The number of nitrogens with one attached hydrogen (secondary N) is 1. The third-order valence-electron chi connectivity index (χ3n) is 5.51. The van der Waals surface area contributed by atoms with Crippen molar-refractivity contribution >= 4 is 28.5 Å². The minimum absolute atomic E-state index is 0.165. The Hall–Kier alpha value is -1.63. The molecule has 1 saturated heterocycles. The predicted octanol–water partition coefficient (Wildman–Crippen LogP) is 3.62. The molecule has 1 aliphatic carbocycles. The number of amides is 2. The van der Waals surface area contributed by atoms with Gasteiger partial charge in [0.2, 0.25) is 0 Å². The van der Waals surface area contributed by atoms with Gasteiger partial charge in [0, 0.05) is 18.0 Å². The molecular formula is C18H27N3O3S. The summed E-state index contributed by atoms with van der Waals surface area (Å²) in [6.07, 6.45) is 4.20. The molecule has 0 saturated carbocycles. The van der Waals surface area contributed by atoms with E-state index in [9.17, 15) is 9.59 Å². The van der Waals surface area contributed by atoms with Crippen molar-refractivity contribution in [3.63, 3.8) is 0 Å². The number of hydrogen-bond donors (Lipinski definition) is 2.